The minimum absolute atomic E-state index is 0.146. The van der Waals surface area contributed by atoms with E-state index in [-0.39, 0.29) is 11.8 Å². The highest BCUT2D eigenvalue weighted by Crippen LogP contribution is 2.24. The van der Waals surface area contributed by atoms with E-state index in [0.717, 1.165) is 16.8 Å². The lowest BCUT2D eigenvalue weighted by molar-refractivity contribution is -0.117. The highest BCUT2D eigenvalue weighted by atomic mass is 16.2. The van der Waals surface area contributed by atoms with Crippen molar-refractivity contribution in [3.63, 3.8) is 0 Å². The van der Waals surface area contributed by atoms with Gasteiger partial charge in [-0.1, -0.05) is 48.5 Å². The van der Waals surface area contributed by atoms with Gasteiger partial charge in [-0.3, -0.25) is 9.79 Å². The molecule has 3 aromatic rings. The second kappa shape index (κ2) is 10.7. The number of rotatable bonds is 5. The van der Waals surface area contributed by atoms with Gasteiger partial charge in [-0.25, -0.2) is 9.98 Å². The van der Waals surface area contributed by atoms with E-state index in [9.17, 15) is 4.79 Å². The summed E-state index contributed by atoms with van der Waals surface area (Å²) in [5, 5.41) is 2.87. The lowest BCUT2D eigenvalue weighted by atomic mass is 10.0. The fraction of sp³-hybridized carbons (Fsp3) is 0.0385. The number of benzene rings is 3. The van der Waals surface area contributed by atoms with Gasteiger partial charge in [0.1, 0.15) is 5.84 Å². The van der Waals surface area contributed by atoms with Gasteiger partial charge < -0.3 is 22.5 Å². The van der Waals surface area contributed by atoms with Crippen LogP contribution in [0.4, 0.5) is 11.4 Å². The van der Waals surface area contributed by atoms with Crippen LogP contribution < -0.4 is 22.5 Å². The Morgan fingerprint density at radius 1 is 0.943 bits per heavy atom. The maximum atomic E-state index is 12.9. The van der Waals surface area contributed by atoms with Gasteiger partial charge in [0, 0.05) is 22.9 Å². The number of amides is 1. The zero-order chi connectivity index (χ0) is 24.6. The molecule has 0 radical (unpaired) electrons. The van der Waals surface area contributed by atoms with E-state index in [2.05, 4.69) is 25.3 Å². The quantitative estimate of drug-likeness (QED) is 0.338. The molecule has 35 heavy (non-hydrogen) atoms. The third-order valence-electron chi connectivity index (χ3n) is 5.05. The van der Waals surface area contributed by atoms with E-state index in [0.29, 0.717) is 17.0 Å². The average molecular weight is 465 g/mol. The Bertz CT molecular complexity index is 1360. The number of para-hydroxylation sites is 1. The first-order valence-electron chi connectivity index (χ1n) is 10.8. The molecule has 1 aliphatic rings. The summed E-state index contributed by atoms with van der Waals surface area (Å²) in [6, 6.07) is 24.1. The van der Waals surface area contributed by atoms with E-state index < -0.39 is 12.1 Å². The number of allylic oxidation sites excluding steroid dienone is 1. The van der Waals surface area contributed by atoms with E-state index in [1.165, 1.54) is 6.20 Å². The number of amidine groups is 1. The van der Waals surface area contributed by atoms with Crippen LogP contribution in [0, 0.1) is 0 Å². The Kier molecular flexibility index (Phi) is 7.08. The highest BCUT2D eigenvalue weighted by Gasteiger charge is 2.25. The minimum atomic E-state index is -1.14. The first-order valence-corrected chi connectivity index (χ1v) is 10.8. The molecule has 1 amide bonds. The van der Waals surface area contributed by atoms with Crippen molar-refractivity contribution in [1.82, 2.24) is 0 Å². The third-order valence-corrected chi connectivity index (χ3v) is 5.05. The van der Waals surface area contributed by atoms with Crippen LogP contribution in [-0.2, 0) is 4.79 Å². The van der Waals surface area contributed by atoms with Gasteiger partial charge in [0.05, 0.1) is 17.1 Å². The van der Waals surface area contributed by atoms with Crippen molar-refractivity contribution in [2.45, 2.75) is 6.17 Å². The van der Waals surface area contributed by atoms with Gasteiger partial charge in [0.15, 0.2) is 0 Å². The van der Waals surface area contributed by atoms with Crippen molar-refractivity contribution in [2.24, 2.45) is 37.2 Å². The Labute approximate surface area is 202 Å². The third kappa shape index (κ3) is 5.66. The van der Waals surface area contributed by atoms with E-state index in [1.54, 1.807) is 36.6 Å². The fourth-order valence-corrected chi connectivity index (χ4v) is 3.40. The van der Waals surface area contributed by atoms with Gasteiger partial charge in [-0.05, 0) is 42.6 Å². The number of carbonyl (C=O) groups excluding carboxylic acids is 1. The first kappa shape index (κ1) is 23.1. The molecule has 0 saturated carbocycles. The van der Waals surface area contributed by atoms with E-state index >= 15 is 0 Å². The standard InChI is InChI=1S/C26H24N8O/c27-15-6-16-30-19-13-11-18(12-14-19)23(28)33-26(29)34-24-25(35)31-21-10-5-4-9-20(21)22(32-24)17-7-2-1-3-8-17/h1-16,24H,27H2,(H,31,35)(H4,28,29,33,34). The van der Waals surface area contributed by atoms with Crippen LogP contribution in [0.2, 0.25) is 0 Å². The SMILES string of the molecule is NC=CC=Nc1ccc(C(N)=NC(N)=NC2N=C(c3ccccc3)c3ccccc3NC2=O)cc1. The molecule has 1 unspecified atom stereocenters. The molecule has 0 aromatic heterocycles. The van der Waals surface area contributed by atoms with E-state index in [1.807, 2.05) is 54.6 Å². The van der Waals surface area contributed by atoms with Gasteiger partial charge in [-0.2, -0.15) is 4.99 Å². The molecular weight excluding hydrogens is 440 g/mol. The lowest BCUT2D eigenvalue weighted by Gasteiger charge is -2.09. The Hall–Kier alpha value is -5.05. The molecule has 0 aliphatic carbocycles. The summed E-state index contributed by atoms with van der Waals surface area (Å²) in [6.45, 7) is 0. The Morgan fingerprint density at radius 2 is 1.66 bits per heavy atom. The Morgan fingerprint density at radius 3 is 2.40 bits per heavy atom. The van der Waals surface area contributed by atoms with Crippen molar-refractivity contribution in [3.8, 4) is 0 Å². The maximum Gasteiger partial charge on any atom is 0.271 e. The van der Waals surface area contributed by atoms with Crippen LogP contribution >= 0.6 is 0 Å². The molecule has 1 heterocycles. The highest BCUT2D eigenvalue weighted by molar-refractivity contribution is 6.19. The molecule has 1 aliphatic heterocycles. The van der Waals surface area contributed by atoms with Crippen LogP contribution in [-0.4, -0.2) is 35.8 Å². The normalized spacial score (nSPS) is 16.6. The first-order chi connectivity index (χ1) is 17.0. The number of benzodiazepines with no additional fused rings is 1. The maximum absolute atomic E-state index is 12.9. The zero-order valence-corrected chi connectivity index (χ0v) is 18.7. The second-order valence-electron chi connectivity index (χ2n) is 7.45. The number of hydrogen-bond donors (Lipinski definition) is 4. The van der Waals surface area contributed by atoms with Gasteiger partial charge in [0.25, 0.3) is 5.91 Å². The summed E-state index contributed by atoms with van der Waals surface area (Å²) in [5.74, 6) is -0.443. The number of aliphatic imine (C=N–C) groups is 4. The molecule has 9 heteroatoms. The molecule has 9 nitrogen and oxygen atoms in total. The van der Waals surface area contributed by atoms with Gasteiger partial charge in [-0.15, -0.1) is 0 Å². The summed E-state index contributed by atoms with van der Waals surface area (Å²) in [4.78, 5) is 30.2. The number of nitrogens with one attached hydrogen (secondary N) is 1. The van der Waals surface area contributed by atoms with Gasteiger partial charge >= 0.3 is 0 Å². The molecule has 7 N–H and O–H groups in total. The summed E-state index contributed by atoms with van der Waals surface area (Å²) < 4.78 is 0. The molecule has 0 fully saturated rings. The molecule has 0 saturated heterocycles. The van der Waals surface area contributed by atoms with Crippen molar-refractivity contribution in [3.05, 3.63) is 108 Å². The summed E-state index contributed by atoms with van der Waals surface area (Å²) in [7, 11) is 0. The monoisotopic (exact) mass is 464 g/mol. The number of hydrogen-bond acceptors (Lipinski definition) is 5. The van der Waals surface area contributed by atoms with Crippen molar-refractivity contribution in [2.75, 3.05) is 5.32 Å². The van der Waals surface area contributed by atoms with Crippen LogP contribution in [0.25, 0.3) is 0 Å². The number of anilines is 1. The largest absolute Gasteiger partial charge is 0.405 e. The average Bonchev–Trinajstić information content (AvgIpc) is 3.01. The van der Waals surface area contributed by atoms with Crippen LogP contribution in [0.15, 0.2) is 111 Å². The van der Waals surface area contributed by atoms with Crippen molar-refractivity contribution < 1.29 is 4.79 Å². The molecule has 0 bridgehead atoms. The van der Waals surface area contributed by atoms with Crippen LogP contribution in [0.1, 0.15) is 16.7 Å². The Balaban J connectivity index is 1.63. The fourth-order valence-electron chi connectivity index (χ4n) is 3.40. The number of nitrogens with two attached hydrogens (primary N) is 3. The second-order valence-corrected chi connectivity index (χ2v) is 7.45. The number of carbonyl (C=O) groups is 1. The number of guanidine groups is 1. The molecule has 3 aromatic carbocycles. The topological polar surface area (TPSA) is 157 Å². The zero-order valence-electron chi connectivity index (χ0n) is 18.7. The van der Waals surface area contributed by atoms with Crippen LogP contribution in [0.5, 0.6) is 0 Å². The number of nitrogens with zero attached hydrogens (tertiary/aromatic N) is 4. The minimum Gasteiger partial charge on any atom is -0.405 e. The predicted octanol–water partition coefficient (Wildman–Crippen LogP) is 2.70. The molecule has 4 rings (SSSR count). The molecular formula is C26H24N8O. The summed E-state index contributed by atoms with van der Waals surface area (Å²) in [6.07, 6.45) is 3.46. The predicted molar refractivity (Wildman–Crippen MR) is 141 cm³/mol. The summed E-state index contributed by atoms with van der Waals surface area (Å²) >= 11 is 0. The molecule has 1 atom stereocenters. The van der Waals surface area contributed by atoms with Crippen molar-refractivity contribution in [1.29, 1.82) is 0 Å². The van der Waals surface area contributed by atoms with E-state index in [4.69, 9.17) is 17.2 Å². The number of fused-ring (bicyclic) bond motifs is 1. The van der Waals surface area contributed by atoms with Crippen molar-refractivity contribution >= 4 is 41.0 Å². The van der Waals surface area contributed by atoms with Gasteiger partial charge in [0.2, 0.25) is 12.1 Å². The smallest absolute Gasteiger partial charge is 0.271 e. The molecule has 0 spiro atoms. The molecule has 174 valence electrons. The summed E-state index contributed by atoms with van der Waals surface area (Å²) in [5.41, 5.74) is 21.7. The van der Waals surface area contributed by atoms with Crippen LogP contribution in [0.3, 0.4) is 0 Å². The lowest BCUT2D eigenvalue weighted by Crippen LogP contribution is -2.27.